The molecule has 0 unspecified atom stereocenters. The third kappa shape index (κ3) is 4.41. The zero-order chi connectivity index (χ0) is 14.9. The summed E-state index contributed by atoms with van der Waals surface area (Å²) in [5, 5.41) is 0. The monoisotopic (exact) mass is 382 g/mol. The van der Waals surface area contributed by atoms with E-state index in [-0.39, 0.29) is 42.1 Å². The van der Waals surface area contributed by atoms with E-state index in [1.54, 1.807) is 0 Å². The first-order chi connectivity index (χ1) is 9.35. The van der Waals surface area contributed by atoms with Gasteiger partial charge in [-0.05, 0) is 0 Å². The SMILES string of the molecule is CC1=C(C)C(C)(C)[C]([Ti][O]C(=O)C2CCCCC2)=C1C.Cl.Cl. The second-order valence-electron chi connectivity index (χ2n) is 6.73. The van der Waals surface area contributed by atoms with Crippen LogP contribution >= 0.6 is 24.8 Å². The minimum absolute atomic E-state index is 0. The van der Waals surface area contributed by atoms with Gasteiger partial charge in [-0.3, -0.25) is 0 Å². The topological polar surface area (TPSA) is 26.3 Å². The molecule has 0 aliphatic heterocycles. The predicted octanol–water partition coefficient (Wildman–Crippen LogP) is 5.60. The van der Waals surface area contributed by atoms with Crippen LogP contribution in [0.15, 0.2) is 20.6 Å². The molecule has 0 heterocycles. The Hall–Kier alpha value is 0.244. The Labute approximate surface area is 156 Å². The van der Waals surface area contributed by atoms with Crippen LogP contribution in [0, 0.1) is 11.3 Å². The molecule has 0 N–H and O–H groups in total. The first-order valence-corrected chi connectivity index (χ1v) is 9.14. The molecule has 1 fully saturated rings. The third-order valence-corrected chi connectivity index (χ3v) is 7.61. The van der Waals surface area contributed by atoms with Crippen molar-refractivity contribution in [2.75, 3.05) is 0 Å². The fourth-order valence-electron chi connectivity index (χ4n) is 3.32. The summed E-state index contributed by atoms with van der Waals surface area (Å²) in [6.07, 6.45) is 5.71. The van der Waals surface area contributed by atoms with Gasteiger partial charge in [0, 0.05) is 0 Å². The number of hydrogen-bond acceptors (Lipinski definition) is 2. The number of rotatable bonds is 3. The molecule has 1 saturated carbocycles. The minimum Gasteiger partial charge on any atom is -0.147 e. The number of allylic oxidation sites excluding steroid dienone is 4. The van der Waals surface area contributed by atoms with Gasteiger partial charge in [0.1, 0.15) is 0 Å². The van der Waals surface area contributed by atoms with Gasteiger partial charge in [0.15, 0.2) is 0 Å². The second-order valence-corrected chi connectivity index (χ2v) is 8.15. The Kier molecular flexibility index (Phi) is 9.02. The zero-order valence-electron chi connectivity index (χ0n) is 14.2. The van der Waals surface area contributed by atoms with Gasteiger partial charge in [-0.25, -0.2) is 0 Å². The van der Waals surface area contributed by atoms with E-state index >= 15 is 0 Å². The van der Waals surface area contributed by atoms with Crippen LogP contribution in [0.3, 0.4) is 0 Å². The molecule has 0 aromatic heterocycles. The molecule has 2 nitrogen and oxygen atoms in total. The average Bonchev–Trinajstić information content (AvgIpc) is 2.59. The van der Waals surface area contributed by atoms with Crippen LogP contribution in [-0.2, 0) is 27.7 Å². The Morgan fingerprint density at radius 1 is 1.05 bits per heavy atom. The standard InChI is InChI=1S/C10H15.C7H12O2.2ClH.Ti/c1-7-6-10(4,5)9(3)8(7)2;8-7(9)6-4-2-1-3-5-6;;;/h1-5H3;6H,1-5H2,(H,8,9);2*1H;/q;;;;+1/p-1. The van der Waals surface area contributed by atoms with Crippen LogP contribution in [0.25, 0.3) is 0 Å². The summed E-state index contributed by atoms with van der Waals surface area (Å²) in [7, 11) is 0. The largest absolute Gasteiger partial charge is 0.147 e. The second kappa shape index (κ2) is 8.92. The van der Waals surface area contributed by atoms with E-state index < -0.39 is 19.5 Å². The molecule has 2 aliphatic rings. The van der Waals surface area contributed by atoms with Gasteiger partial charge in [0.25, 0.3) is 0 Å². The molecule has 5 heteroatoms. The smallest absolute Gasteiger partial charge is 0.147 e. The molecule has 126 valence electrons. The van der Waals surface area contributed by atoms with Crippen molar-refractivity contribution >= 4 is 30.8 Å². The predicted molar refractivity (Wildman–Crippen MR) is 92.0 cm³/mol. The van der Waals surface area contributed by atoms with E-state index in [2.05, 4.69) is 34.6 Å². The Morgan fingerprint density at radius 2 is 1.59 bits per heavy atom. The Bertz CT molecular complexity index is 475. The van der Waals surface area contributed by atoms with Gasteiger partial charge in [0.05, 0.1) is 0 Å². The molecule has 0 aromatic carbocycles. The maximum Gasteiger partial charge on any atom is -0.147 e. The average molecular weight is 383 g/mol. The molecular formula is C17H28Cl2O2Ti. The Morgan fingerprint density at radius 3 is 2.05 bits per heavy atom. The van der Waals surface area contributed by atoms with Crippen LogP contribution in [-0.4, -0.2) is 5.97 Å². The number of carbonyl (C=O) groups excluding carboxylic acids is 1. The molecule has 2 rings (SSSR count). The zero-order valence-corrected chi connectivity index (χ0v) is 17.4. The van der Waals surface area contributed by atoms with Crippen molar-refractivity contribution in [1.82, 2.24) is 0 Å². The minimum atomic E-state index is -0.792. The summed E-state index contributed by atoms with van der Waals surface area (Å²) < 4.78 is 7.17. The molecule has 0 spiro atoms. The number of halogens is 2. The van der Waals surface area contributed by atoms with Gasteiger partial charge >= 0.3 is 132 Å². The summed E-state index contributed by atoms with van der Waals surface area (Å²) in [5.41, 5.74) is 4.27. The molecule has 0 amide bonds. The fourth-order valence-corrected chi connectivity index (χ4v) is 5.12. The van der Waals surface area contributed by atoms with Crippen molar-refractivity contribution < 1.29 is 27.7 Å². The van der Waals surface area contributed by atoms with Crippen LogP contribution in [0.5, 0.6) is 0 Å². The van der Waals surface area contributed by atoms with Crippen molar-refractivity contribution in [2.24, 2.45) is 11.3 Å². The van der Waals surface area contributed by atoms with Crippen LogP contribution in [0.1, 0.15) is 66.7 Å². The van der Waals surface area contributed by atoms with Gasteiger partial charge in [-0.2, -0.15) is 0 Å². The summed E-state index contributed by atoms with van der Waals surface area (Å²) in [5.74, 6) is 0.246. The van der Waals surface area contributed by atoms with Crippen molar-refractivity contribution in [3.63, 3.8) is 0 Å². The van der Waals surface area contributed by atoms with E-state index in [9.17, 15) is 4.79 Å². The van der Waals surface area contributed by atoms with Crippen molar-refractivity contribution in [3.05, 3.63) is 20.6 Å². The van der Waals surface area contributed by atoms with E-state index in [1.807, 2.05) is 0 Å². The maximum atomic E-state index is 12.2. The van der Waals surface area contributed by atoms with E-state index in [0.29, 0.717) is 0 Å². The summed E-state index contributed by atoms with van der Waals surface area (Å²) in [6.45, 7) is 11.1. The maximum absolute atomic E-state index is 12.2. The van der Waals surface area contributed by atoms with Gasteiger partial charge < -0.3 is 0 Å². The molecule has 0 aromatic rings. The van der Waals surface area contributed by atoms with Crippen molar-refractivity contribution in [1.29, 1.82) is 0 Å². The van der Waals surface area contributed by atoms with Crippen LogP contribution < -0.4 is 0 Å². The summed E-state index contributed by atoms with van der Waals surface area (Å²) >= 11 is -0.792. The summed E-state index contributed by atoms with van der Waals surface area (Å²) in [6, 6.07) is 0. The number of carbonyl (C=O) groups is 1. The Balaban J connectivity index is 0.00000220. The van der Waals surface area contributed by atoms with Crippen LogP contribution in [0.4, 0.5) is 0 Å². The molecular weight excluding hydrogens is 355 g/mol. The molecule has 0 bridgehead atoms. The molecule has 0 radical (unpaired) electrons. The van der Waals surface area contributed by atoms with E-state index in [4.69, 9.17) is 3.32 Å². The molecule has 0 saturated heterocycles. The van der Waals surface area contributed by atoms with Gasteiger partial charge in [-0.15, -0.1) is 24.8 Å². The first kappa shape index (κ1) is 22.2. The molecule has 22 heavy (non-hydrogen) atoms. The van der Waals surface area contributed by atoms with Crippen LogP contribution in [0.2, 0.25) is 0 Å². The normalized spacial score (nSPS) is 21.1. The third-order valence-electron chi connectivity index (χ3n) is 5.25. The van der Waals surface area contributed by atoms with Gasteiger partial charge in [0.2, 0.25) is 0 Å². The van der Waals surface area contributed by atoms with Gasteiger partial charge in [-0.1, -0.05) is 0 Å². The van der Waals surface area contributed by atoms with E-state index in [1.165, 1.54) is 39.9 Å². The van der Waals surface area contributed by atoms with E-state index in [0.717, 1.165) is 12.8 Å². The van der Waals surface area contributed by atoms with Crippen molar-refractivity contribution in [2.45, 2.75) is 66.7 Å². The summed E-state index contributed by atoms with van der Waals surface area (Å²) in [4.78, 5) is 12.2. The van der Waals surface area contributed by atoms with Crippen molar-refractivity contribution in [3.8, 4) is 0 Å². The fraction of sp³-hybridized carbons (Fsp3) is 0.706. The number of hydrogen-bond donors (Lipinski definition) is 0. The molecule has 2 aliphatic carbocycles. The molecule has 0 atom stereocenters. The quantitative estimate of drug-likeness (QED) is 0.593. The first-order valence-electron chi connectivity index (χ1n) is 7.72.